The molecular weight excluding hydrogens is 284 g/mol. The monoisotopic (exact) mass is 298 g/mol. The lowest BCUT2D eigenvalue weighted by Crippen LogP contribution is -2.04. The summed E-state index contributed by atoms with van der Waals surface area (Å²) in [7, 11) is 0. The van der Waals surface area contributed by atoms with Gasteiger partial charge in [-0.2, -0.15) is 0 Å². The Kier molecular flexibility index (Phi) is 5.95. The van der Waals surface area contributed by atoms with E-state index in [9.17, 15) is 4.79 Å². The van der Waals surface area contributed by atoms with Crippen molar-refractivity contribution in [3.63, 3.8) is 0 Å². The Bertz CT molecular complexity index is 528. The third-order valence-corrected chi connectivity index (χ3v) is 3.51. The summed E-state index contributed by atoms with van der Waals surface area (Å²) in [5.74, 6) is -0.358. The number of carbonyl (C=O) groups is 1. The molecule has 0 fully saturated rings. The normalized spacial score (nSPS) is 11.5. The lowest BCUT2D eigenvalue weighted by Gasteiger charge is -2.02. The molecule has 0 spiro atoms. The second-order valence-electron chi connectivity index (χ2n) is 3.91. The standard InChI is InChI=1S/C13H14N2O2S.ClH/c1-9(14)12-15-7-11(18-12)13(16)17-8-10-5-3-2-4-6-10;/h2-7,9H,8,14H2,1H3;1H. The van der Waals surface area contributed by atoms with Crippen molar-refractivity contribution >= 4 is 29.7 Å². The van der Waals surface area contributed by atoms with Crippen molar-refractivity contribution in [3.8, 4) is 0 Å². The van der Waals surface area contributed by atoms with Crippen molar-refractivity contribution in [1.29, 1.82) is 0 Å². The van der Waals surface area contributed by atoms with Gasteiger partial charge in [0, 0.05) is 0 Å². The molecule has 1 aromatic heterocycles. The van der Waals surface area contributed by atoms with Crippen LogP contribution in [0.2, 0.25) is 0 Å². The molecule has 1 atom stereocenters. The molecule has 0 aliphatic carbocycles. The van der Waals surface area contributed by atoms with Crippen LogP contribution < -0.4 is 5.73 Å². The van der Waals surface area contributed by atoms with Gasteiger partial charge in [-0.05, 0) is 12.5 Å². The van der Waals surface area contributed by atoms with Gasteiger partial charge in [0.15, 0.2) is 0 Å². The van der Waals surface area contributed by atoms with Gasteiger partial charge < -0.3 is 10.5 Å². The Hall–Kier alpha value is -1.43. The van der Waals surface area contributed by atoms with Crippen LogP contribution in [-0.4, -0.2) is 11.0 Å². The number of benzene rings is 1. The highest BCUT2D eigenvalue weighted by molar-refractivity contribution is 7.13. The third kappa shape index (κ3) is 4.31. The first kappa shape index (κ1) is 15.6. The molecule has 0 radical (unpaired) electrons. The molecule has 4 nitrogen and oxygen atoms in total. The van der Waals surface area contributed by atoms with Gasteiger partial charge in [0.05, 0.1) is 12.2 Å². The van der Waals surface area contributed by atoms with Crippen molar-refractivity contribution in [1.82, 2.24) is 4.98 Å². The molecule has 1 heterocycles. The van der Waals surface area contributed by atoms with Crippen LogP contribution in [0.4, 0.5) is 0 Å². The lowest BCUT2D eigenvalue weighted by atomic mass is 10.2. The minimum atomic E-state index is -0.358. The van der Waals surface area contributed by atoms with Gasteiger partial charge in [0.1, 0.15) is 16.5 Å². The van der Waals surface area contributed by atoms with Gasteiger partial charge in [0.2, 0.25) is 0 Å². The first-order chi connectivity index (χ1) is 8.66. The van der Waals surface area contributed by atoms with Gasteiger partial charge in [-0.1, -0.05) is 30.3 Å². The molecule has 102 valence electrons. The van der Waals surface area contributed by atoms with Crippen LogP contribution in [-0.2, 0) is 11.3 Å². The number of nitrogens with zero attached hydrogens (tertiary/aromatic N) is 1. The van der Waals surface area contributed by atoms with E-state index in [0.717, 1.165) is 10.6 Å². The molecule has 0 bridgehead atoms. The summed E-state index contributed by atoms with van der Waals surface area (Å²) in [5.41, 5.74) is 6.65. The summed E-state index contributed by atoms with van der Waals surface area (Å²) in [4.78, 5) is 16.3. The van der Waals surface area contributed by atoms with Gasteiger partial charge in [-0.15, -0.1) is 23.7 Å². The Balaban J connectivity index is 0.00000180. The minimum Gasteiger partial charge on any atom is -0.457 e. The van der Waals surface area contributed by atoms with Gasteiger partial charge in [-0.3, -0.25) is 0 Å². The van der Waals surface area contributed by atoms with Crippen LogP contribution in [0.25, 0.3) is 0 Å². The zero-order valence-corrected chi connectivity index (χ0v) is 12.0. The predicted molar refractivity (Wildman–Crippen MR) is 77.5 cm³/mol. The van der Waals surface area contributed by atoms with Gasteiger partial charge in [0.25, 0.3) is 0 Å². The largest absolute Gasteiger partial charge is 0.457 e. The number of aromatic nitrogens is 1. The fourth-order valence-corrected chi connectivity index (χ4v) is 2.15. The number of thiazole rings is 1. The molecule has 1 unspecified atom stereocenters. The topological polar surface area (TPSA) is 65.2 Å². The molecule has 0 aliphatic rings. The number of hydrogen-bond acceptors (Lipinski definition) is 5. The van der Waals surface area contributed by atoms with Crippen molar-refractivity contribution < 1.29 is 9.53 Å². The molecule has 0 aliphatic heterocycles. The van der Waals surface area contributed by atoms with E-state index in [1.54, 1.807) is 0 Å². The van der Waals surface area contributed by atoms with E-state index in [1.807, 2.05) is 37.3 Å². The molecule has 6 heteroatoms. The Morgan fingerprint density at radius 1 is 1.42 bits per heavy atom. The van der Waals surface area contributed by atoms with E-state index in [1.165, 1.54) is 17.5 Å². The summed E-state index contributed by atoms with van der Waals surface area (Å²) in [6.07, 6.45) is 1.51. The Morgan fingerprint density at radius 3 is 2.68 bits per heavy atom. The Morgan fingerprint density at radius 2 is 2.11 bits per heavy atom. The zero-order chi connectivity index (χ0) is 13.0. The number of ether oxygens (including phenoxy) is 1. The maximum absolute atomic E-state index is 11.8. The number of halogens is 1. The molecular formula is C13H15ClN2O2S. The SMILES string of the molecule is CC(N)c1ncc(C(=O)OCc2ccccc2)s1.Cl. The summed E-state index contributed by atoms with van der Waals surface area (Å²) in [6.45, 7) is 2.10. The first-order valence-electron chi connectivity index (χ1n) is 5.59. The summed E-state index contributed by atoms with van der Waals surface area (Å²) >= 11 is 1.27. The van der Waals surface area contributed by atoms with Crippen LogP contribution in [0.5, 0.6) is 0 Å². The van der Waals surface area contributed by atoms with E-state index < -0.39 is 0 Å². The van der Waals surface area contributed by atoms with E-state index in [-0.39, 0.29) is 31.0 Å². The van der Waals surface area contributed by atoms with Gasteiger partial charge >= 0.3 is 5.97 Å². The molecule has 1 aromatic carbocycles. The zero-order valence-electron chi connectivity index (χ0n) is 10.4. The van der Waals surface area contributed by atoms with Crippen LogP contribution in [0.3, 0.4) is 0 Å². The first-order valence-corrected chi connectivity index (χ1v) is 6.41. The van der Waals surface area contributed by atoms with Crippen molar-refractivity contribution in [2.24, 2.45) is 5.73 Å². The third-order valence-electron chi connectivity index (χ3n) is 2.33. The van der Waals surface area contributed by atoms with Crippen LogP contribution >= 0.6 is 23.7 Å². The highest BCUT2D eigenvalue weighted by Gasteiger charge is 2.13. The lowest BCUT2D eigenvalue weighted by molar-refractivity contribution is 0.0478. The Labute approximate surface area is 122 Å². The summed E-state index contributed by atoms with van der Waals surface area (Å²) in [5, 5.41) is 0.738. The molecule has 19 heavy (non-hydrogen) atoms. The maximum atomic E-state index is 11.8. The number of nitrogens with two attached hydrogens (primary N) is 1. The molecule has 0 saturated carbocycles. The number of carbonyl (C=O) groups excluding carboxylic acids is 1. The predicted octanol–water partition coefficient (Wildman–Crippen LogP) is 2.94. The average Bonchev–Trinajstić information content (AvgIpc) is 2.87. The number of hydrogen-bond donors (Lipinski definition) is 1. The molecule has 2 rings (SSSR count). The van der Waals surface area contributed by atoms with Gasteiger partial charge in [-0.25, -0.2) is 9.78 Å². The molecule has 0 amide bonds. The number of rotatable bonds is 4. The highest BCUT2D eigenvalue weighted by Crippen LogP contribution is 2.19. The van der Waals surface area contributed by atoms with Crippen LogP contribution in [0, 0.1) is 0 Å². The van der Waals surface area contributed by atoms with E-state index in [2.05, 4.69) is 4.98 Å². The molecule has 2 aromatic rings. The second kappa shape index (κ2) is 7.23. The number of esters is 1. The fourth-order valence-electron chi connectivity index (χ4n) is 1.39. The summed E-state index contributed by atoms with van der Waals surface area (Å²) < 4.78 is 5.20. The van der Waals surface area contributed by atoms with E-state index in [0.29, 0.717) is 4.88 Å². The van der Waals surface area contributed by atoms with Crippen LogP contribution in [0.1, 0.15) is 33.2 Å². The van der Waals surface area contributed by atoms with E-state index in [4.69, 9.17) is 10.5 Å². The molecule has 2 N–H and O–H groups in total. The summed E-state index contributed by atoms with van der Waals surface area (Å²) in [6, 6.07) is 9.39. The highest BCUT2D eigenvalue weighted by atomic mass is 35.5. The second-order valence-corrected chi connectivity index (χ2v) is 4.98. The average molecular weight is 299 g/mol. The maximum Gasteiger partial charge on any atom is 0.350 e. The molecule has 0 saturated heterocycles. The van der Waals surface area contributed by atoms with Crippen molar-refractivity contribution in [2.75, 3.05) is 0 Å². The van der Waals surface area contributed by atoms with Crippen LogP contribution in [0.15, 0.2) is 36.5 Å². The quantitative estimate of drug-likeness (QED) is 0.881. The minimum absolute atomic E-state index is 0. The fraction of sp³-hybridized carbons (Fsp3) is 0.231. The smallest absolute Gasteiger partial charge is 0.350 e. The van der Waals surface area contributed by atoms with Crippen molar-refractivity contribution in [3.05, 3.63) is 52.0 Å². The van der Waals surface area contributed by atoms with E-state index >= 15 is 0 Å². The van der Waals surface area contributed by atoms with Crippen molar-refractivity contribution in [2.45, 2.75) is 19.6 Å².